The van der Waals surface area contributed by atoms with Gasteiger partial charge in [-0.2, -0.15) is 0 Å². The quantitative estimate of drug-likeness (QED) is 0.532. The number of hydrogen-bond donors (Lipinski definition) is 0. The molecule has 0 saturated carbocycles. The molecule has 1 aromatic carbocycles. The van der Waals surface area contributed by atoms with Crippen molar-refractivity contribution in [1.29, 1.82) is 0 Å². The lowest BCUT2D eigenvalue weighted by Crippen LogP contribution is -2.26. The molecule has 29 heavy (non-hydrogen) atoms. The molecule has 0 aliphatic rings. The van der Waals surface area contributed by atoms with Crippen molar-refractivity contribution in [2.75, 3.05) is 14.2 Å². The van der Waals surface area contributed by atoms with Crippen molar-refractivity contribution in [3.05, 3.63) is 45.3 Å². The van der Waals surface area contributed by atoms with Crippen LogP contribution in [-0.4, -0.2) is 29.7 Å². The van der Waals surface area contributed by atoms with E-state index in [4.69, 9.17) is 14.5 Å². The van der Waals surface area contributed by atoms with Crippen molar-refractivity contribution in [3.8, 4) is 16.9 Å². The van der Waals surface area contributed by atoms with Crippen LogP contribution in [0.3, 0.4) is 0 Å². The summed E-state index contributed by atoms with van der Waals surface area (Å²) in [6.07, 6.45) is 0.799. The van der Waals surface area contributed by atoms with Gasteiger partial charge in [0, 0.05) is 29.8 Å². The number of rotatable bonds is 7. The predicted molar refractivity (Wildman–Crippen MR) is 116 cm³/mol. The SMILES string of the molecule is COC(=O)CCCn1c(C(C)C)nc2scc(-c3ccc(OC)c(C)c3)c2c1=O. The van der Waals surface area contributed by atoms with E-state index in [0.717, 1.165) is 33.1 Å². The van der Waals surface area contributed by atoms with Crippen LogP contribution in [0.2, 0.25) is 0 Å². The number of carbonyl (C=O) groups is 1. The molecule has 0 N–H and O–H groups in total. The van der Waals surface area contributed by atoms with E-state index in [1.54, 1.807) is 11.7 Å². The molecule has 0 spiro atoms. The number of carbonyl (C=O) groups excluding carboxylic acids is 1. The topological polar surface area (TPSA) is 70.4 Å². The summed E-state index contributed by atoms with van der Waals surface area (Å²) in [5.41, 5.74) is 2.79. The Morgan fingerprint density at radius 2 is 2.03 bits per heavy atom. The Morgan fingerprint density at radius 3 is 2.66 bits per heavy atom. The fraction of sp³-hybridized carbons (Fsp3) is 0.409. The van der Waals surface area contributed by atoms with E-state index in [0.29, 0.717) is 18.4 Å². The van der Waals surface area contributed by atoms with E-state index in [1.165, 1.54) is 18.4 Å². The van der Waals surface area contributed by atoms with Gasteiger partial charge in [0.05, 0.1) is 19.6 Å². The largest absolute Gasteiger partial charge is 0.496 e. The second-order valence-electron chi connectivity index (χ2n) is 7.28. The van der Waals surface area contributed by atoms with Crippen LogP contribution in [0.15, 0.2) is 28.4 Å². The Bertz CT molecular complexity index is 1100. The Balaban J connectivity index is 2.11. The highest BCUT2D eigenvalue weighted by molar-refractivity contribution is 7.17. The van der Waals surface area contributed by atoms with Gasteiger partial charge < -0.3 is 9.47 Å². The molecular weight excluding hydrogens is 388 g/mol. The molecule has 0 radical (unpaired) electrons. The number of thiophene rings is 1. The molecule has 0 atom stereocenters. The number of aromatic nitrogens is 2. The van der Waals surface area contributed by atoms with Crippen LogP contribution < -0.4 is 10.3 Å². The summed E-state index contributed by atoms with van der Waals surface area (Å²) >= 11 is 1.48. The Kier molecular flexibility index (Phi) is 6.37. The Hall–Kier alpha value is -2.67. The molecule has 7 heteroatoms. The molecule has 0 aliphatic carbocycles. The maximum Gasteiger partial charge on any atom is 0.305 e. The normalized spacial score (nSPS) is 11.2. The van der Waals surface area contributed by atoms with Crippen molar-refractivity contribution in [3.63, 3.8) is 0 Å². The standard InChI is InChI=1S/C22H26N2O4S/c1-13(2)20-23-21-19(22(26)24(20)10-6-7-18(25)28-5)16(12-29-21)15-8-9-17(27-4)14(3)11-15/h8-9,11-13H,6-7,10H2,1-5H3. The van der Waals surface area contributed by atoms with Gasteiger partial charge in [-0.15, -0.1) is 11.3 Å². The molecule has 0 bridgehead atoms. The minimum atomic E-state index is -0.275. The maximum atomic E-state index is 13.5. The summed E-state index contributed by atoms with van der Waals surface area (Å²) in [5, 5.41) is 2.62. The molecule has 0 saturated heterocycles. The van der Waals surface area contributed by atoms with Crippen LogP contribution in [0.4, 0.5) is 0 Å². The highest BCUT2D eigenvalue weighted by Crippen LogP contribution is 2.34. The molecule has 3 rings (SSSR count). The van der Waals surface area contributed by atoms with Gasteiger partial charge in [-0.3, -0.25) is 14.2 Å². The van der Waals surface area contributed by atoms with Crippen LogP contribution in [0.1, 0.15) is 44.0 Å². The number of fused-ring (bicyclic) bond motifs is 1. The fourth-order valence-electron chi connectivity index (χ4n) is 3.44. The highest BCUT2D eigenvalue weighted by Gasteiger charge is 2.19. The molecule has 6 nitrogen and oxygen atoms in total. The zero-order valence-electron chi connectivity index (χ0n) is 17.4. The first-order valence-corrected chi connectivity index (χ1v) is 10.5. The zero-order chi connectivity index (χ0) is 21.1. The average molecular weight is 415 g/mol. The molecule has 2 heterocycles. The molecule has 3 aromatic rings. The van der Waals surface area contributed by atoms with Gasteiger partial charge in [-0.1, -0.05) is 19.9 Å². The Morgan fingerprint density at radius 1 is 1.28 bits per heavy atom. The van der Waals surface area contributed by atoms with Crippen molar-refractivity contribution in [2.45, 2.75) is 46.1 Å². The molecule has 0 aliphatic heterocycles. The number of aryl methyl sites for hydroxylation is 1. The molecule has 0 amide bonds. The lowest BCUT2D eigenvalue weighted by molar-refractivity contribution is -0.140. The Labute approximate surface area is 174 Å². The minimum Gasteiger partial charge on any atom is -0.496 e. The first-order valence-electron chi connectivity index (χ1n) is 9.61. The number of benzene rings is 1. The first-order chi connectivity index (χ1) is 13.9. The summed E-state index contributed by atoms with van der Waals surface area (Å²) in [7, 11) is 3.02. The number of hydrogen-bond acceptors (Lipinski definition) is 6. The van der Waals surface area contributed by atoms with Crippen molar-refractivity contribution in [2.24, 2.45) is 0 Å². The lowest BCUT2D eigenvalue weighted by atomic mass is 10.0. The van der Waals surface area contributed by atoms with Crippen LogP contribution >= 0.6 is 11.3 Å². The van der Waals surface area contributed by atoms with Crippen molar-refractivity contribution in [1.82, 2.24) is 9.55 Å². The van der Waals surface area contributed by atoms with E-state index in [9.17, 15) is 9.59 Å². The smallest absolute Gasteiger partial charge is 0.305 e. The molecule has 154 valence electrons. The second kappa shape index (κ2) is 8.78. The van der Waals surface area contributed by atoms with Gasteiger partial charge in [0.25, 0.3) is 5.56 Å². The van der Waals surface area contributed by atoms with Crippen LogP contribution in [0, 0.1) is 6.92 Å². The number of methoxy groups -OCH3 is 2. The fourth-order valence-corrected chi connectivity index (χ4v) is 4.38. The van der Waals surface area contributed by atoms with Crippen LogP contribution in [-0.2, 0) is 16.1 Å². The third-order valence-electron chi connectivity index (χ3n) is 4.94. The lowest BCUT2D eigenvalue weighted by Gasteiger charge is -2.15. The van der Waals surface area contributed by atoms with Crippen LogP contribution in [0.25, 0.3) is 21.3 Å². The van der Waals surface area contributed by atoms with Gasteiger partial charge in [0.2, 0.25) is 0 Å². The molecular formula is C22H26N2O4S. The molecule has 2 aromatic heterocycles. The second-order valence-corrected chi connectivity index (χ2v) is 8.13. The summed E-state index contributed by atoms with van der Waals surface area (Å²) in [5.74, 6) is 1.38. The monoisotopic (exact) mass is 414 g/mol. The molecule has 0 fully saturated rings. The number of nitrogens with zero attached hydrogens (tertiary/aromatic N) is 2. The van der Waals surface area contributed by atoms with Crippen molar-refractivity contribution >= 4 is 27.5 Å². The van der Waals surface area contributed by atoms with Crippen molar-refractivity contribution < 1.29 is 14.3 Å². The third kappa shape index (κ3) is 4.19. The van der Waals surface area contributed by atoms with Gasteiger partial charge in [-0.05, 0) is 36.6 Å². The predicted octanol–water partition coefficient (Wildman–Crippen LogP) is 4.52. The number of esters is 1. The van der Waals surface area contributed by atoms with E-state index < -0.39 is 0 Å². The summed E-state index contributed by atoms with van der Waals surface area (Å²) in [6.45, 7) is 6.45. The summed E-state index contributed by atoms with van der Waals surface area (Å²) < 4.78 is 11.8. The van der Waals surface area contributed by atoms with Gasteiger partial charge >= 0.3 is 5.97 Å². The van der Waals surface area contributed by atoms with E-state index in [-0.39, 0.29) is 23.9 Å². The third-order valence-corrected chi connectivity index (χ3v) is 5.81. The minimum absolute atomic E-state index is 0.0618. The zero-order valence-corrected chi connectivity index (χ0v) is 18.3. The highest BCUT2D eigenvalue weighted by atomic mass is 32.1. The van der Waals surface area contributed by atoms with Gasteiger partial charge in [-0.25, -0.2) is 4.98 Å². The van der Waals surface area contributed by atoms with E-state index in [1.807, 2.05) is 44.4 Å². The molecule has 0 unspecified atom stereocenters. The number of ether oxygens (including phenoxy) is 2. The van der Waals surface area contributed by atoms with Gasteiger partial charge in [0.1, 0.15) is 16.4 Å². The average Bonchev–Trinajstić information content (AvgIpc) is 3.13. The van der Waals surface area contributed by atoms with E-state index in [2.05, 4.69) is 0 Å². The van der Waals surface area contributed by atoms with Gasteiger partial charge in [0.15, 0.2) is 0 Å². The summed E-state index contributed by atoms with van der Waals surface area (Å²) in [4.78, 5) is 30.5. The van der Waals surface area contributed by atoms with Crippen LogP contribution in [0.5, 0.6) is 5.75 Å². The van der Waals surface area contributed by atoms with E-state index >= 15 is 0 Å². The summed E-state index contributed by atoms with van der Waals surface area (Å²) in [6, 6.07) is 5.90. The first kappa shape index (κ1) is 21.0. The maximum absolute atomic E-state index is 13.5.